The largest absolute Gasteiger partial charge is 0.463 e. The smallest absolute Gasteiger partial charge is 0.411 e. The topological polar surface area (TPSA) is 72.9 Å². The molecule has 0 saturated carbocycles. The molecule has 1 aromatic carbocycles. The molecule has 1 aliphatic rings. The fraction of sp³-hybridized carbons (Fsp3) is 0.353. The summed E-state index contributed by atoms with van der Waals surface area (Å²) in [5, 5.41) is 0. The Kier molecular flexibility index (Phi) is 5.51. The van der Waals surface area contributed by atoms with Gasteiger partial charge in [-0.15, -0.1) is 0 Å². The molecule has 6 nitrogen and oxygen atoms in total. The highest BCUT2D eigenvalue weighted by atomic mass is 16.6. The molecule has 0 aliphatic carbocycles. The standard InChI is InChI=1S/C17H19NO5/c1-3-22-16(20)10-9-14(19)15-11-18(17(21)23-15)12(2)13-7-5-4-6-8-13/h4-10,12,15H,3,11H2,1-2H3/b10-9+/t12-,15+/m1/s1. The highest BCUT2D eigenvalue weighted by molar-refractivity contribution is 6.00. The second-order valence-corrected chi connectivity index (χ2v) is 5.10. The van der Waals surface area contributed by atoms with Crippen molar-refractivity contribution in [2.75, 3.05) is 13.2 Å². The Morgan fingerprint density at radius 3 is 2.70 bits per heavy atom. The Bertz CT molecular complexity index is 611. The zero-order valence-electron chi connectivity index (χ0n) is 13.1. The van der Waals surface area contributed by atoms with Crippen molar-refractivity contribution < 1.29 is 23.9 Å². The van der Waals surface area contributed by atoms with Crippen LogP contribution < -0.4 is 0 Å². The van der Waals surface area contributed by atoms with Crippen LogP contribution in [0.25, 0.3) is 0 Å². The summed E-state index contributed by atoms with van der Waals surface area (Å²) < 4.78 is 9.80. The maximum absolute atomic E-state index is 12.0. The lowest BCUT2D eigenvalue weighted by molar-refractivity contribution is -0.137. The predicted octanol–water partition coefficient (Wildman–Crippen LogP) is 2.26. The van der Waals surface area contributed by atoms with E-state index in [1.165, 1.54) is 4.90 Å². The number of cyclic esters (lactones) is 1. The van der Waals surface area contributed by atoms with Gasteiger partial charge in [0.2, 0.25) is 0 Å². The van der Waals surface area contributed by atoms with Crippen molar-refractivity contribution in [3.05, 3.63) is 48.0 Å². The van der Waals surface area contributed by atoms with Gasteiger partial charge in [0.25, 0.3) is 0 Å². The van der Waals surface area contributed by atoms with Crippen LogP contribution in [0.3, 0.4) is 0 Å². The molecule has 1 amide bonds. The molecule has 0 bridgehead atoms. The van der Waals surface area contributed by atoms with Crippen molar-refractivity contribution in [1.29, 1.82) is 0 Å². The molecule has 0 N–H and O–H groups in total. The summed E-state index contributed by atoms with van der Waals surface area (Å²) in [4.78, 5) is 36.7. The summed E-state index contributed by atoms with van der Waals surface area (Å²) in [6.45, 7) is 3.94. The van der Waals surface area contributed by atoms with Gasteiger partial charge in [0.15, 0.2) is 11.9 Å². The molecule has 122 valence electrons. The minimum atomic E-state index is -0.903. The van der Waals surface area contributed by atoms with E-state index in [1.54, 1.807) is 6.92 Å². The average Bonchev–Trinajstić information content (AvgIpc) is 2.95. The van der Waals surface area contributed by atoms with Gasteiger partial charge in [0.05, 0.1) is 19.2 Å². The first kappa shape index (κ1) is 16.7. The zero-order chi connectivity index (χ0) is 16.8. The van der Waals surface area contributed by atoms with Crippen LogP contribution in [-0.2, 0) is 19.1 Å². The molecule has 1 saturated heterocycles. The number of amides is 1. The molecule has 0 unspecified atom stereocenters. The summed E-state index contributed by atoms with van der Waals surface area (Å²) in [5.74, 6) is -1.03. The molecular weight excluding hydrogens is 298 g/mol. The van der Waals surface area contributed by atoms with E-state index in [0.29, 0.717) is 0 Å². The van der Waals surface area contributed by atoms with Crippen molar-refractivity contribution in [1.82, 2.24) is 4.90 Å². The van der Waals surface area contributed by atoms with E-state index in [-0.39, 0.29) is 19.2 Å². The van der Waals surface area contributed by atoms with Gasteiger partial charge in [0, 0.05) is 6.08 Å². The number of carbonyl (C=O) groups is 3. The molecule has 1 heterocycles. The summed E-state index contributed by atoms with van der Waals surface area (Å²) in [6.07, 6.45) is 0.693. The minimum absolute atomic E-state index is 0.154. The van der Waals surface area contributed by atoms with Gasteiger partial charge in [-0.05, 0) is 25.5 Å². The van der Waals surface area contributed by atoms with Gasteiger partial charge in [-0.1, -0.05) is 30.3 Å². The Morgan fingerprint density at radius 2 is 2.04 bits per heavy atom. The second kappa shape index (κ2) is 7.58. The van der Waals surface area contributed by atoms with E-state index in [1.807, 2.05) is 37.3 Å². The number of hydrogen-bond acceptors (Lipinski definition) is 5. The molecule has 0 radical (unpaired) electrons. The maximum Gasteiger partial charge on any atom is 0.411 e. The van der Waals surface area contributed by atoms with Crippen molar-refractivity contribution in [2.45, 2.75) is 26.0 Å². The van der Waals surface area contributed by atoms with Crippen LogP contribution in [-0.4, -0.2) is 42.0 Å². The number of nitrogens with zero attached hydrogens (tertiary/aromatic N) is 1. The lowest BCUT2D eigenvalue weighted by Crippen LogP contribution is -2.30. The first-order chi connectivity index (χ1) is 11.0. The maximum atomic E-state index is 12.0. The highest BCUT2D eigenvalue weighted by Crippen LogP contribution is 2.25. The lowest BCUT2D eigenvalue weighted by Gasteiger charge is -2.21. The van der Waals surface area contributed by atoms with Gasteiger partial charge in [0.1, 0.15) is 0 Å². The number of ether oxygens (including phenoxy) is 2. The van der Waals surface area contributed by atoms with Crippen LogP contribution >= 0.6 is 0 Å². The van der Waals surface area contributed by atoms with Crippen LogP contribution in [0.1, 0.15) is 25.5 Å². The van der Waals surface area contributed by atoms with Crippen LogP contribution in [0.4, 0.5) is 4.79 Å². The van der Waals surface area contributed by atoms with Crippen molar-refractivity contribution in [3.63, 3.8) is 0 Å². The molecule has 2 rings (SSSR count). The fourth-order valence-corrected chi connectivity index (χ4v) is 2.30. The highest BCUT2D eigenvalue weighted by Gasteiger charge is 2.37. The van der Waals surface area contributed by atoms with Crippen molar-refractivity contribution in [2.24, 2.45) is 0 Å². The zero-order valence-corrected chi connectivity index (χ0v) is 13.1. The third-order valence-corrected chi connectivity index (χ3v) is 3.58. The predicted molar refractivity (Wildman–Crippen MR) is 82.6 cm³/mol. The van der Waals surface area contributed by atoms with Gasteiger partial charge < -0.3 is 9.47 Å². The molecular formula is C17H19NO5. The van der Waals surface area contributed by atoms with Gasteiger partial charge in [-0.2, -0.15) is 0 Å². The van der Waals surface area contributed by atoms with Gasteiger partial charge >= 0.3 is 12.1 Å². The first-order valence-electron chi connectivity index (χ1n) is 7.43. The SMILES string of the molecule is CCOC(=O)/C=C/C(=O)[C@@H]1CN([C@H](C)c2ccccc2)C(=O)O1. The molecule has 6 heteroatoms. The quantitative estimate of drug-likeness (QED) is 0.594. The fourth-order valence-electron chi connectivity index (χ4n) is 2.30. The minimum Gasteiger partial charge on any atom is -0.463 e. The van der Waals surface area contributed by atoms with E-state index in [4.69, 9.17) is 9.47 Å². The molecule has 0 aromatic heterocycles. The van der Waals surface area contributed by atoms with E-state index < -0.39 is 23.9 Å². The number of rotatable bonds is 6. The average molecular weight is 317 g/mol. The van der Waals surface area contributed by atoms with Crippen molar-refractivity contribution >= 4 is 17.8 Å². The molecule has 1 aromatic rings. The molecule has 1 fully saturated rings. The second-order valence-electron chi connectivity index (χ2n) is 5.10. The molecule has 2 atom stereocenters. The van der Waals surface area contributed by atoms with E-state index >= 15 is 0 Å². The third-order valence-electron chi connectivity index (χ3n) is 3.58. The first-order valence-corrected chi connectivity index (χ1v) is 7.43. The van der Waals surface area contributed by atoms with E-state index in [9.17, 15) is 14.4 Å². The van der Waals surface area contributed by atoms with Crippen LogP contribution in [0.2, 0.25) is 0 Å². The van der Waals surface area contributed by atoms with E-state index in [2.05, 4.69) is 0 Å². The monoisotopic (exact) mass is 317 g/mol. The number of benzene rings is 1. The lowest BCUT2D eigenvalue weighted by atomic mass is 10.1. The molecule has 1 aliphatic heterocycles. The number of hydrogen-bond donors (Lipinski definition) is 0. The summed E-state index contributed by atoms with van der Waals surface area (Å²) in [6, 6.07) is 9.29. The number of carbonyl (C=O) groups excluding carboxylic acids is 3. The van der Waals surface area contributed by atoms with Crippen molar-refractivity contribution in [3.8, 4) is 0 Å². The Morgan fingerprint density at radius 1 is 1.35 bits per heavy atom. The normalized spacial score (nSPS) is 18.8. The summed E-state index contributed by atoms with van der Waals surface area (Å²) >= 11 is 0. The van der Waals surface area contributed by atoms with Crippen LogP contribution in [0.5, 0.6) is 0 Å². The third kappa shape index (κ3) is 4.18. The Hall–Kier alpha value is -2.63. The van der Waals surface area contributed by atoms with Gasteiger partial charge in [-0.25, -0.2) is 9.59 Å². The Labute approximate surface area is 134 Å². The molecule has 0 spiro atoms. The molecule has 23 heavy (non-hydrogen) atoms. The van der Waals surface area contributed by atoms with Crippen LogP contribution in [0.15, 0.2) is 42.5 Å². The number of esters is 1. The van der Waals surface area contributed by atoms with Gasteiger partial charge in [-0.3, -0.25) is 9.69 Å². The van der Waals surface area contributed by atoms with Crippen LogP contribution in [0, 0.1) is 0 Å². The summed E-state index contributed by atoms with van der Waals surface area (Å²) in [5.41, 5.74) is 0.958. The number of ketones is 1. The van der Waals surface area contributed by atoms with E-state index in [0.717, 1.165) is 17.7 Å². The summed E-state index contributed by atoms with van der Waals surface area (Å²) in [7, 11) is 0. The Balaban J connectivity index is 1.99.